The zero-order valence-corrected chi connectivity index (χ0v) is 16.1. The van der Waals surface area contributed by atoms with Crippen molar-refractivity contribution in [2.75, 3.05) is 12.4 Å². The van der Waals surface area contributed by atoms with Crippen LogP contribution in [0.15, 0.2) is 24.3 Å². The van der Waals surface area contributed by atoms with Crippen molar-refractivity contribution >= 4 is 11.6 Å². The Morgan fingerprint density at radius 1 is 1.00 bits per heavy atom. The number of hydrogen-bond acceptors (Lipinski definition) is 7. The molecule has 4 rings (SSSR count). The van der Waals surface area contributed by atoms with Crippen LogP contribution in [0.3, 0.4) is 0 Å². The van der Waals surface area contributed by atoms with Crippen molar-refractivity contribution in [2.24, 2.45) is 0 Å². The summed E-state index contributed by atoms with van der Waals surface area (Å²) in [6.45, 7) is 7.21. The summed E-state index contributed by atoms with van der Waals surface area (Å²) in [5.74, 6) is -1.37. The summed E-state index contributed by atoms with van der Waals surface area (Å²) in [4.78, 5) is 13.0. The number of carbonyl (C=O) groups excluding carboxylic acids is 1. The van der Waals surface area contributed by atoms with Gasteiger partial charge in [-0.05, 0) is 39.8 Å². The smallest absolute Gasteiger partial charge is 0.256 e. The zero-order valence-electron chi connectivity index (χ0n) is 16.1. The molecule has 3 heterocycles. The first-order chi connectivity index (χ1) is 12.7. The minimum absolute atomic E-state index is 0.341. The first-order valence-corrected chi connectivity index (χ1v) is 8.99. The normalized spacial score (nSPS) is 36.0. The second-order valence-electron chi connectivity index (χ2n) is 7.81. The molecule has 3 saturated heterocycles. The van der Waals surface area contributed by atoms with E-state index in [2.05, 4.69) is 5.32 Å². The molecule has 148 valence electrons. The minimum atomic E-state index is -0.901. The van der Waals surface area contributed by atoms with Gasteiger partial charge in [0.05, 0.1) is 7.11 Å². The topological polar surface area (TPSA) is 84.5 Å². The monoisotopic (exact) mass is 379 g/mol. The van der Waals surface area contributed by atoms with Crippen LogP contribution in [0.1, 0.15) is 27.7 Å². The van der Waals surface area contributed by atoms with Crippen molar-refractivity contribution in [3.05, 3.63) is 24.3 Å². The van der Waals surface area contributed by atoms with Gasteiger partial charge in [-0.25, -0.2) is 0 Å². The van der Waals surface area contributed by atoms with E-state index in [1.54, 1.807) is 59.1 Å². The lowest BCUT2D eigenvalue weighted by molar-refractivity contribution is -0.229. The van der Waals surface area contributed by atoms with Gasteiger partial charge >= 0.3 is 0 Å². The van der Waals surface area contributed by atoms with Crippen LogP contribution in [0, 0.1) is 0 Å². The molecule has 1 amide bonds. The van der Waals surface area contributed by atoms with E-state index in [1.165, 1.54) is 0 Å². The van der Waals surface area contributed by atoms with Gasteiger partial charge in [0.25, 0.3) is 5.91 Å². The summed E-state index contributed by atoms with van der Waals surface area (Å²) in [7, 11) is 1.57. The molecule has 0 radical (unpaired) electrons. The van der Waals surface area contributed by atoms with Crippen LogP contribution in [-0.2, 0) is 28.5 Å². The maximum atomic E-state index is 13.0. The summed E-state index contributed by atoms with van der Waals surface area (Å²) >= 11 is 0. The summed E-state index contributed by atoms with van der Waals surface area (Å²) in [5.41, 5.74) is 0.601. The summed E-state index contributed by atoms with van der Waals surface area (Å²) in [5, 5.41) is 2.85. The molecular formula is C19H25NO7. The van der Waals surface area contributed by atoms with Crippen molar-refractivity contribution in [1.82, 2.24) is 0 Å². The number of anilines is 1. The fourth-order valence-corrected chi connectivity index (χ4v) is 3.74. The molecule has 3 aliphatic rings. The standard InChI is InChI=1S/C19H25NO7/c1-18(2)24-12-13(25-18)15-17(27-19(3,4)26-15)23-14(12)16(21)20-10-7-6-8-11(9-10)22-5/h6-9,12-15,17H,1-5H3,(H,20,21)/t12-,13+,14+,15+,17-/m0/s1. The lowest BCUT2D eigenvalue weighted by Crippen LogP contribution is -2.58. The van der Waals surface area contributed by atoms with Crippen molar-refractivity contribution in [3.8, 4) is 5.75 Å². The Bertz CT molecular complexity index is 735. The van der Waals surface area contributed by atoms with E-state index in [0.717, 1.165) is 0 Å². The van der Waals surface area contributed by atoms with Crippen LogP contribution in [-0.4, -0.2) is 55.3 Å². The number of ether oxygens (including phenoxy) is 6. The Morgan fingerprint density at radius 3 is 2.41 bits per heavy atom. The molecule has 0 unspecified atom stereocenters. The average Bonchev–Trinajstić information content (AvgIpc) is 3.08. The molecule has 0 saturated carbocycles. The van der Waals surface area contributed by atoms with Gasteiger partial charge in [0.2, 0.25) is 0 Å². The molecule has 0 aliphatic carbocycles. The van der Waals surface area contributed by atoms with E-state index in [9.17, 15) is 4.79 Å². The molecule has 8 heteroatoms. The quantitative estimate of drug-likeness (QED) is 0.860. The van der Waals surface area contributed by atoms with Crippen molar-refractivity contribution in [2.45, 2.75) is 70.0 Å². The van der Waals surface area contributed by atoms with Crippen molar-refractivity contribution in [3.63, 3.8) is 0 Å². The van der Waals surface area contributed by atoms with Gasteiger partial charge in [0.1, 0.15) is 24.1 Å². The Kier molecular flexibility index (Phi) is 4.44. The maximum absolute atomic E-state index is 13.0. The van der Waals surface area contributed by atoms with E-state index in [-0.39, 0.29) is 5.91 Å². The average molecular weight is 379 g/mol. The number of hydrogen-bond donors (Lipinski definition) is 1. The first-order valence-electron chi connectivity index (χ1n) is 8.99. The largest absolute Gasteiger partial charge is 0.497 e. The molecule has 3 aliphatic heterocycles. The molecule has 0 spiro atoms. The predicted octanol–water partition coefficient (Wildman–Crippen LogP) is 2.03. The van der Waals surface area contributed by atoms with Crippen LogP contribution >= 0.6 is 0 Å². The van der Waals surface area contributed by atoms with E-state index in [0.29, 0.717) is 11.4 Å². The Labute approximate surface area is 158 Å². The number of benzene rings is 1. The van der Waals surface area contributed by atoms with Crippen molar-refractivity contribution in [1.29, 1.82) is 0 Å². The molecule has 0 aromatic heterocycles. The number of nitrogens with one attached hydrogen (secondary N) is 1. The van der Waals surface area contributed by atoms with Gasteiger partial charge in [-0.3, -0.25) is 4.79 Å². The number of methoxy groups -OCH3 is 1. The summed E-state index contributed by atoms with van der Waals surface area (Å²) in [6.07, 6.45) is -3.15. The predicted molar refractivity (Wildman–Crippen MR) is 94.1 cm³/mol. The van der Waals surface area contributed by atoms with Crippen molar-refractivity contribution < 1.29 is 33.2 Å². The summed E-state index contributed by atoms with van der Waals surface area (Å²) in [6, 6.07) is 7.10. The van der Waals surface area contributed by atoms with Gasteiger partial charge in [-0.2, -0.15) is 0 Å². The minimum Gasteiger partial charge on any atom is -0.497 e. The third-order valence-electron chi connectivity index (χ3n) is 4.75. The number of carbonyl (C=O) groups is 1. The highest BCUT2D eigenvalue weighted by Gasteiger charge is 2.62. The molecule has 0 bridgehead atoms. The number of rotatable bonds is 3. The van der Waals surface area contributed by atoms with Crippen LogP contribution in [0.5, 0.6) is 5.75 Å². The third-order valence-corrected chi connectivity index (χ3v) is 4.75. The Hall–Kier alpha value is -1.71. The second kappa shape index (κ2) is 6.42. The highest BCUT2D eigenvalue weighted by atomic mass is 16.9. The number of amides is 1. The number of fused-ring (bicyclic) bond motifs is 3. The Balaban J connectivity index is 1.57. The SMILES string of the molecule is COc1cccc(NC(=O)[C@@H]2O[C@H]3OC(C)(C)O[C@@H]3[C@@H]3OC(C)(C)O[C@@H]32)c1. The Morgan fingerprint density at radius 2 is 1.67 bits per heavy atom. The maximum Gasteiger partial charge on any atom is 0.256 e. The highest BCUT2D eigenvalue weighted by molar-refractivity contribution is 5.95. The molecule has 5 atom stereocenters. The lowest BCUT2D eigenvalue weighted by atomic mass is 9.98. The van der Waals surface area contributed by atoms with Gasteiger partial charge in [-0.1, -0.05) is 6.07 Å². The van der Waals surface area contributed by atoms with E-state index >= 15 is 0 Å². The summed E-state index contributed by atoms with van der Waals surface area (Å²) < 4.78 is 34.9. The van der Waals surface area contributed by atoms with Gasteiger partial charge in [0.15, 0.2) is 24.0 Å². The van der Waals surface area contributed by atoms with Crippen LogP contribution in [0.2, 0.25) is 0 Å². The molecule has 1 aromatic rings. The molecule has 27 heavy (non-hydrogen) atoms. The van der Waals surface area contributed by atoms with E-state index in [1.807, 2.05) is 0 Å². The van der Waals surface area contributed by atoms with Crippen LogP contribution in [0.25, 0.3) is 0 Å². The first kappa shape index (κ1) is 18.6. The van der Waals surface area contributed by atoms with Crippen LogP contribution in [0.4, 0.5) is 5.69 Å². The molecule has 1 N–H and O–H groups in total. The zero-order chi connectivity index (χ0) is 19.4. The van der Waals surface area contributed by atoms with Gasteiger partial charge in [0, 0.05) is 11.8 Å². The van der Waals surface area contributed by atoms with E-state index in [4.69, 9.17) is 28.4 Å². The third kappa shape index (κ3) is 3.55. The lowest BCUT2D eigenvalue weighted by Gasteiger charge is -2.36. The fraction of sp³-hybridized carbons (Fsp3) is 0.632. The molecular weight excluding hydrogens is 354 g/mol. The molecule has 1 aromatic carbocycles. The van der Waals surface area contributed by atoms with Crippen LogP contribution < -0.4 is 10.1 Å². The molecule has 3 fully saturated rings. The van der Waals surface area contributed by atoms with Gasteiger partial charge < -0.3 is 33.7 Å². The molecule has 8 nitrogen and oxygen atoms in total. The van der Waals surface area contributed by atoms with E-state index < -0.39 is 42.3 Å². The fourth-order valence-electron chi connectivity index (χ4n) is 3.74. The highest BCUT2D eigenvalue weighted by Crippen LogP contribution is 2.44. The second-order valence-corrected chi connectivity index (χ2v) is 7.81. The van der Waals surface area contributed by atoms with Gasteiger partial charge in [-0.15, -0.1) is 0 Å².